The number of ether oxygens (including phenoxy) is 4. The van der Waals surface area contributed by atoms with Crippen LogP contribution in [0.2, 0.25) is 0 Å². The molecule has 1 saturated heterocycles. The molecule has 0 radical (unpaired) electrons. The minimum atomic E-state index is -4.45. The van der Waals surface area contributed by atoms with Gasteiger partial charge < -0.3 is 18.9 Å². The highest BCUT2D eigenvalue weighted by Gasteiger charge is 2.46. The van der Waals surface area contributed by atoms with E-state index in [9.17, 15) is 18.0 Å². The van der Waals surface area contributed by atoms with Gasteiger partial charge in [0.05, 0.1) is 23.8 Å². The van der Waals surface area contributed by atoms with Crippen LogP contribution in [0.1, 0.15) is 49.5 Å². The summed E-state index contributed by atoms with van der Waals surface area (Å²) in [6.07, 6.45) is -3.22. The van der Waals surface area contributed by atoms with Gasteiger partial charge in [-0.1, -0.05) is 37.6 Å². The van der Waals surface area contributed by atoms with E-state index in [1.165, 1.54) is 0 Å². The van der Waals surface area contributed by atoms with Crippen LogP contribution in [0.25, 0.3) is 11.1 Å². The van der Waals surface area contributed by atoms with Gasteiger partial charge in [0.15, 0.2) is 6.29 Å². The second-order valence-corrected chi connectivity index (χ2v) is 9.23. The summed E-state index contributed by atoms with van der Waals surface area (Å²) in [6.45, 7) is 6.78. The molecule has 37 heavy (non-hydrogen) atoms. The average Bonchev–Trinajstić information content (AvgIpc) is 3.63. The molecule has 1 aliphatic rings. The fourth-order valence-electron chi connectivity index (χ4n) is 3.67. The maximum Gasteiger partial charge on any atom is 0.416 e. The Kier molecular flexibility index (Phi) is 7.90. The van der Waals surface area contributed by atoms with Gasteiger partial charge in [0, 0.05) is 6.42 Å². The van der Waals surface area contributed by atoms with Crippen molar-refractivity contribution in [3.63, 3.8) is 0 Å². The Bertz CT molecular complexity index is 1180. The molecule has 8 heteroatoms. The first kappa shape index (κ1) is 26.7. The summed E-state index contributed by atoms with van der Waals surface area (Å²) in [4.78, 5) is 12.4. The molecular weight excluding hydrogens is 485 g/mol. The molecule has 3 aromatic rings. The smallest absolute Gasteiger partial charge is 0.416 e. The summed E-state index contributed by atoms with van der Waals surface area (Å²) in [7, 11) is 0. The molecule has 1 aliphatic heterocycles. The number of esters is 1. The largest absolute Gasteiger partial charge is 0.465 e. The third-order valence-corrected chi connectivity index (χ3v) is 6.31. The van der Waals surface area contributed by atoms with Gasteiger partial charge in [-0.05, 0) is 73.5 Å². The van der Waals surface area contributed by atoms with Crippen LogP contribution in [0.4, 0.5) is 13.2 Å². The van der Waals surface area contributed by atoms with Gasteiger partial charge in [-0.25, -0.2) is 4.79 Å². The van der Waals surface area contributed by atoms with Crippen molar-refractivity contribution in [2.24, 2.45) is 0 Å². The Balaban J connectivity index is 1.36. The Morgan fingerprint density at radius 2 is 1.49 bits per heavy atom. The van der Waals surface area contributed by atoms with Gasteiger partial charge in [0.25, 0.3) is 0 Å². The molecule has 1 heterocycles. The summed E-state index contributed by atoms with van der Waals surface area (Å²) in [6, 6.07) is 18.3. The summed E-state index contributed by atoms with van der Waals surface area (Å²) in [5.74, 6) is 0.0703. The monoisotopic (exact) mass is 514 g/mol. The predicted octanol–water partition coefficient (Wildman–Crippen LogP) is 7.29. The third-order valence-electron chi connectivity index (χ3n) is 6.31. The van der Waals surface area contributed by atoms with E-state index in [2.05, 4.69) is 6.92 Å². The third kappa shape index (κ3) is 6.90. The lowest BCUT2D eigenvalue weighted by atomic mass is 10.0. The molecule has 0 bridgehead atoms. The quantitative estimate of drug-likeness (QED) is 0.123. The molecule has 3 aromatic carbocycles. The number of carbonyl (C=O) groups is 1. The van der Waals surface area contributed by atoms with Crippen molar-refractivity contribution >= 4 is 5.97 Å². The van der Waals surface area contributed by atoms with Crippen LogP contribution in [0.3, 0.4) is 0 Å². The lowest BCUT2D eigenvalue weighted by molar-refractivity contribution is -0.137. The molecule has 0 N–H and O–H groups in total. The van der Waals surface area contributed by atoms with E-state index in [-0.39, 0.29) is 29.3 Å². The van der Waals surface area contributed by atoms with Crippen LogP contribution in [0.15, 0.2) is 72.8 Å². The minimum Gasteiger partial charge on any atom is -0.465 e. The molecule has 1 fully saturated rings. The van der Waals surface area contributed by atoms with Crippen molar-refractivity contribution in [2.75, 3.05) is 6.61 Å². The molecule has 0 amide bonds. The van der Waals surface area contributed by atoms with E-state index in [1.54, 1.807) is 24.3 Å². The standard InChI is InChI=1S/C29H29F3O5/c1-4-5-26(35-19(2)28(3)18-34-28)36-24-14-10-21(11-15-24)20-6-8-22(9-7-20)27(33)37-25-16-12-23(13-17-25)29(30,31)32/h6-17,19,26H,4-5,18H2,1-3H3. The van der Waals surface area contributed by atoms with Crippen molar-refractivity contribution in [1.29, 1.82) is 0 Å². The second kappa shape index (κ2) is 10.9. The Morgan fingerprint density at radius 1 is 0.946 bits per heavy atom. The van der Waals surface area contributed by atoms with Crippen LogP contribution in [0.5, 0.6) is 11.5 Å². The number of epoxide rings is 1. The van der Waals surface area contributed by atoms with Crippen molar-refractivity contribution in [1.82, 2.24) is 0 Å². The fourth-order valence-corrected chi connectivity index (χ4v) is 3.67. The molecular formula is C29H29F3O5. The molecule has 4 rings (SSSR count). The van der Waals surface area contributed by atoms with E-state index in [0.717, 1.165) is 48.2 Å². The molecule has 0 aromatic heterocycles. The van der Waals surface area contributed by atoms with Gasteiger partial charge in [0.2, 0.25) is 0 Å². The maximum absolute atomic E-state index is 12.7. The number of rotatable bonds is 10. The lowest BCUT2D eigenvalue weighted by Crippen LogP contribution is -2.34. The van der Waals surface area contributed by atoms with Crippen molar-refractivity contribution < 1.29 is 36.9 Å². The van der Waals surface area contributed by atoms with Crippen LogP contribution in [-0.4, -0.2) is 30.6 Å². The summed E-state index contributed by atoms with van der Waals surface area (Å²) in [5, 5.41) is 0. The SMILES string of the molecule is CCCC(Oc1ccc(-c2ccc(C(=O)Oc3ccc(C(F)(F)F)cc3)cc2)cc1)OC(C)C1(C)CO1. The second-order valence-electron chi connectivity index (χ2n) is 9.23. The Hall–Kier alpha value is -3.36. The molecule has 196 valence electrons. The average molecular weight is 515 g/mol. The first-order valence-corrected chi connectivity index (χ1v) is 12.1. The van der Waals surface area contributed by atoms with Gasteiger partial charge in [-0.15, -0.1) is 0 Å². The zero-order valence-corrected chi connectivity index (χ0v) is 20.9. The topological polar surface area (TPSA) is 57.3 Å². The van der Waals surface area contributed by atoms with Crippen molar-refractivity contribution in [2.45, 2.75) is 57.8 Å². The van der Waals surface area contributed by atoms with Crippen LogP contribution >= 0.6 is 0 Å². The van der Waals surface area contributed by atoms with Gasteiger partial charge >= 0.3 is 12.1 Å². The highest BCUT2D eigenvalue weighted by atomic mass is 19.4. The Morgan fingerprint density at radius 3 is 2.00 bits per heavy atom. The number of carbonyl (C=O) groups excluding carboxylic acids is 1. The van der Waals surface area contributed by atoms with E-state index in [1.807, 2.05) is 38.1 Å². The van der Waals surface area contributed by atoms with Gasteiger partial charge in [-0.3, -0.25) is 0 Å². The zero-order chi connectivity index (χ0) is 26.6. The first-order chi connectivity index (χ1) is 17.6. The molecule has 0 saturated carbocycles. The predicted molar refractivity (Wildman–Crippen MR) is 133 cm³/mol. The number of benzene rings is 3. The highest BCUT2D eigenvalue weighted by Crippen LogP contribution is 2.33. The maximum atomic E-state index is 12.7. The minimum absolute atomic E-state index is 0.0381. The van der Waals surface area contributed by atoms with E-state index in [0.29, 0.717) is 12.4 Å². The van der Waals surface area contributed by atoms with Gasteiger partial charge in [0.1, 0.15) is 17.1 Å². The summed E-state index contributed by atoms with van der Waals surface area (Å²) < 4.78 is 60.9. The zero-order valence-electron chi connectivity index (χ0n) is 20.9. The number of halogens is 3. The fraction of sp³-hybridized carbons (Fsp3) is 0.345. The summed E-state index contributed by atoms with van der Waals surface area (Å²) in [5.41, 5.74) is 1.04. The highest BCUT2D eigenvalue weighted by molar-refractivity contribution is 5.91. The number of alkyl halides is 3. The molecule has 0 spiro atoms. The normalized spacial score (nSPS) is 18.6. The lowest BCUT2D eigenvalue weighted by Gasteiger charge is -2.25. The van der Waals surface area contributed by atoms with Crippen LogP contribution in [0, 0.1) is 0 Å². The summed E-state index contributed by atoms with van der Waals surface area (Å²) >= 11 is 0. The molecule has 5 nitrogen and oxygen atoms in total. The first-order valence-electron chi connectivity index (χ1n) is 12.1. The van der Waals surface area contributed by atoms with Crippen LogP contribution in [-0.2, 0) is 15.7 Å². The van der Waals surface area contributed by atoms with Crippen molar-refractivity contribution in [3.8, 4) is 22.6 Å². The van der Waals surface area contributed by atoms with E-state index < -0.39 is 17.7 Å². The van der Waals surface area contributed by atoms with Crippen LogP contribution < -0.4 is 9.47 Å². The number of hydrogen-bond acceptors (Lipinski definition) is 5. The Labute approximate surface area is 214 Å². The molecule has 3 atom stereocenters. The number of hydrogen-bond donors (Lipinski definition) is 0. The van der Waals surface area contributed by atoms with Gasteiger partial charge in [-0.2, -0.15) is 13.2 Å². The van der Waals surface area contributed by atoms with Crippen molar-refractivity contribution in [3.05, 3.63) is 83.9 Å². The van der Waals surface area contributed by atoms with E-state index in [4.69, 9.17) is 18.9 Å². The van der Waals surface area contributed by atoms with E-state index >= 15 is 0 Å². The molecule has 0 aliphatic carbocycles. The molecule has 3 unspecified atom stereocenters.